The van der Waals surface area contributed by atoms with E-state index in [1.54, 1.807) is 0 Å². The molecule has 157 valence electrons. The van der Waals surface area contributed by atoms with Crippen molar-refractivity contribution in [1.82, 2.24) is 3.26 Å². The Morgan fingerprint density at radius 3 is 2.19 bits per heavy atom. The van der Waals surface area contributed by atoms with Gasteiger partial charge < -0.3 is 0 Å². The van der Waals surface area contributed by atoms with Crippen LogP contribution in [0.2, 0.25) is 24.3 Å². The first kappa shape index (κ1) is 27.4. The van der Waals surface area contributed by atoms with Crippen LogP contribution in [0.25, 0.3) is 6.08 Å². The van der Waals surface area contributed by atoms with Crippen molar-refractivity contribution in [2.45, 2.75) is 61.1 Å². The van der Waals surface area contributed by atoms with Crippen molar-refractivity contribution in [2.24, 2.45) is 0 Å². The Balaban J connectivity index is 0.00000338. The second-order valence-corrected chi connectivity index (χ2v) is 31.9. The minimum absolute atomic E-state index is 0. The van der Waals surface area contributed by atoms with Gasteiger partial charge in [-0.15, -0.1) is 24.8 Å². The van der Waals surface area contributed by atoms with E-state index in [1.165, 1.54) is 11.1 Å². The molecule has 1 aliphatic carbocycles. The van der Waals surface area contributed by atoms with E-state index in [2.05, 4.69) is 84.7 Å². The Kier molecular flexibility index (Phi) is 8.02. The molecule has 0 spiro atoms. The van der Waals surface area contributed by atoms with Crippen LogP contribution in [0.15, 0.2) is 30.3 Å². The molecule has 0 amide bonds. The van der Waals surface area contributed by atoms with Crippen LogP contribution < -0.4 is 3.26 Å². The van der Waals surface area contributed by atoms with Gasteiger partial charge in [0, 0.05) is 0 Å². The number of hydrogen-bond donors (Lipinski definition) is 1. The van der Waals surface area contributed by atoms with Gasteiger partial charge in [-0.2, -0.15) is 0 Å². The molecule has 0 saturated carbocycles. The average Bonchev–Trinajstić information content (AvgIpc) is 2.78. The Morgan fingerprint density at radius 2 is 1.70 bits per heavy atom. The molecule has 27 heavy (non-hydrogen) atoms. The molecule has 1 aliphatic rings. The van der Waals surface area contributed by atoms with Crippen molar-refractivity contribution in [3.05, 3.63) is 41.5 Å². The average molecular weight is 515 g/mol. The topological polar surface area (TPSA) is 30.5 Å². The van der Waals surface area contributed by atoms with Crippen molar-refractivity contribution in [3.8, 4) is 0 Å². The van der Waals surface area contributed by atoms with Crippen molar-refractivity contribution >= 4 is 43.4 Å². The Bertz CT molecular complexity index is 774. The summed E-state index contributed by atoms with van der Waals surface area (Å²) in [7, 11) is -1.96. The molecule has 3 nitrogen and oxygen atoms in total. The first-order chi connectivity index (χ1) is 11.1. The van der Waals surface area contributed by atoms with Gasteiger partial charge in [0.2, 0.25) is 0 Å². The molecule has 0 radical (unpaired) electrons. The Labute approximate surface area is 178 Å². The van der Waals surface area contributed by atoms with Crippen molar-refractivity contribution < 1.29 is 23.3 Å². The molecule has 1 aromatic rings. The van der Waals surface area contributed by atoms with Crippen LogP contribution in [-0.4, -0.2) is 24.7 Å². The third kappa shape index (κ3) is 5.72. The summed E-state index contributed by atoms with van der Waals surface area (Å²) in [6, 6.07) is 8.53. The zero-order chi connectivity index (χ0) is 19.2. The number of halogens is 2. The summed E-state index contributed by atoms with van der Waals surface area (Å²) < 4.78 is 24.9. The van der Waals surface area contributed by atoms with Gasteiger partial charge in [0.15, 0.2) is 0 Å². The van der Waals surface area contributed by atoms with Crippen LogP contribution in [0.4, 0.5) is 0 Å². The van der Waals surface area contributed by atoms with Crippen LogP contribution in [0.3, 0.4) is 0 Å². The Hall–Kier alpha value is 0.390. The van der Waals surface area contributed by atoms with Crippen LogP contribution >= 0.6 is 24.8 Å². The Morgan fingerprint density at radius 1 is 1.15 bits per heavy atom. The quantitative estimate of drug-likeness (QED) is 0.451. The van der Waals surface area contributed by atoms with E-state index in [9.17, 15) is 0 Å². The zero-order valence-corrected chi connectivity index (χ0v) is 23.2. The van der Waals surface area contributed by atoms with E-state index in [1.807, 2.05) is 6.92 Å². The third-order valence-electron chi connectivity index (χ3n) is 4.74. The normalized spacial score (nSPS) is 19.3. The summed E-state index contributed by atoms with van der Waals surface area (Å²) in [5.41, 5.74) is 2.33. The molecule has 1 aromatic carbocycles. The van der Waals surface area contributed by atoms with E-state index < -0.39 is 26.3 Å². The number of benzene rings is 1. The maximum absolute atomic E-state index is 7.10. The number of hydrogen-bond acceptors (Lipinski definition) is 3. The summed E-state index contributed by atoms with van der Waals surface area (Å²) in [4.78, 5) is 0. The van der Waals surface area contributed by atoms with E-state index in [0.717, 1.165) is 0 Å². The second kappa shape index (κ2) is 7.91. The van der Waals surface area contributed by atoms with Crippen LogP contribution in [0.5, 0.6) is 0 Å². The predicted octanol–water partition coefficient (Wildman–Crippen LogP) is 6.32. The number of fused-ring (bicyclic) bond motifs is 1. The molecular formula is C20H38Cl2NO2SiZr. The molecule has 0 heterocycles. The van der Waals surface area contributed by atoms with Gasteiger partial charge in [0.1, 0.15) is 0 Å². The minimum atomic E-state index is -5.16. The molecule has 0 bridgehead atoms. The van der Waals surface area contributed by atoms with Gasteiger partial charge in [0.25, 0.3) is 0 Å². The number of nitrogens with one attached hydrogen (secondary N) is 1. The fourth-order valence-electron chi connectivity index (χ4n) is 4.93. The van der Waals surface area contributed by atoms with Crippen molar-refractivity contribution in [1.29, 1.82) is 0 Å². The summed E-state index contributed by atoms with van der Waals surface area (Å²) in [5.74, 6) is 0. The van der Waals surface area contributed by atoms with E-state index in [4.69, 9.17) is 9.53 Å². The first-order valence-corrected chi connectivity index (χ1v) is 21.6. The molecular weight excluding hydrogens is 476 g/mol. The summed E-state index contributed by atoms with van der Waals surface area (Å²) >= 11 is -5.16. The standard InChI is InChI=1S/C9H7.C4H10N.C3H9OSi.C2H5O.CH3.CH2.2ClH.Zr/c1-2-5-9-7-3-6-8(9)4-1;1-4(2,3)5;1-5(2,3)4;1-2-3;;;;;/h1-7H;5H,1-3H3;1-3H3;2H2,1H3;1H3;1H2;2*1H;/q;3*-1;;;;;+3. The van der Waals surface area contributed by atoms with E-state index in [-0.39, 0.29) is 34.0 Å². The van der Waals surface area contributed by atoms with Crippen LogP contribution in [0.1, 0.15) is 42.4 Å². The fraction of sp³-hybridized carbons (Fsp3) is 0.550. The third-order valence-corrected chi connectivity index (χ3v) is 27.9. The molecule has 2 rings (SSSR count). The van der Waals surface area contributed by atoms with E-state index >= 15 is 0 Å². The second-order valence-electron chi connectivity index (χ2n) is 10.1. The molecule has 1 unspecified atom stereocenters. The fourth-order valence-corrected chi connectivity index (χ4v) is 36.9. The van der Waals surface area contributed by atoms with Gasteiger partial charge in [-0.25, -0.2) is 0 Å². The van der Waals surface area contributed by atoms with Gasteiger partial charge in [0.05, 0.1) is 0 Å². The number of allylic oxidation sites excluding steroid dienone is 1. The first-order valence-electron chi connectivity index (χ1n) is 9.32. The van der Waals surface area contributed by atoms with Crippen molar-refractivity contribution in [3.63, 3.8) is 0 Å². The van der Waals surface area contributed by atoms with Crippen LogP contribution in [-0.2, 0) is 23.3 Å². The predicted molar refractivity (Wildman–Crippen MR) is 125 cm³/mol. The molecule has 1 N–H and O–H groups in total. The zero-order valence-electron chi connectivity index (χ0n) is 18.1. The van der Waals surface area contributed by atoms with Crippen molar-refractivity contribution in [2.75, 3.05) is 6.61 Å². The van der Waals surface area contributed by atoms with Crippen LogP contribution in [0, 0.1) is 0 Å². The van der Waals surface area contributed by atoms with Gasteiger partial charge in [-0.1, -0.05) is 0 Å². The molecule has 0 fully saturated rings. The monoisotopic (exact) mass is 512 g/mol. The summed E-state index contributed by atoms with van der Waals surface area (Å²) in [5, 5.41) is 0. The van der Waals surface area contributed by atoms with Gasteiger partial charge >= 0.3 is 154 Å². The molecule has 0 saturated heterocycles. The summed E-state index contributed by atoms with van der Waals surface area (Å²) in [6.07, 6.45) is 4.45. The number of rotatable bonds is 6. The molecule has 7 heteroatoms. The molecule has 0 aliphatic heterocycles. The van der Waals surface area contributed by atoms with Gasteiger partial charge in [-0.3, -0.25) is 0 Å². The maximum atomic E-state index is 7.10. The molecule has 0 aromatic heterocycles. The van der Waals surface area contributed by atoms with Gasteiger partial charge in [-0.05, 0) is 0 Å². The SMILES string of the molecule is Cl.Cl.[CH2]=[Zr]([CH3])([NH]C(C)(C)C)([O]CC)([O][Si](C)(C)C)[CH]1C=Cc2ccccc21. The summed E-state index contributed by atoms with van der Waals surface area (Å²) in [6.45, 7) is 15.8. The molecule has 1 atom stereocenters. The van der Waals surface area contributed by atoms with E-state index in [0.29, 0.717) is 6.61 Å².